The van der Waals surface area contributed by atoms with Crippen molar-refractivity contribution in [1.29, 1.82) is 0 Å². The summed E-state index contributed by atoms with van der Waals surface area (Å²) in [6.45, 7) is 10.3. The molecule has 0 aliphatic carbocycles. The zero-order valence-electron chi connectivity index (χ0n) is 13.2. The molecule has 1 unspecified atom stereocenters. The van der Waals surface area contributed by atoms with Gasteiger partial charge in [-0.1, -0.05) is 0 Å². The molecule has 0 radical (unpaired) electrons. The standard InChI is InChI=1S/C14H26O6/c1-9(15-6)18-10-7-16-14(4,5)20-12(10)11-8-17-13(2,3)19-11/h9-12H,7-8H2,1-6H3/t9-,10?,11+,12+/m0/s1. The quantitative estimate of drug-likeness (QED) is 0.734. The van der Waals surface area contributed by atoms with E-state index in [1.165, 1.54) is 0 Å². The van der Waals surface area contributed by atoms with Crippen molar-refractivity contribution in [2.24, 2.45) is 0 Å². The normalized spacial score (nSPS) is 37.8. The van der Waals surface area contributed by atoms with E-state index in [1.807, 2.05) is 34.6 Å². The maximum atomic E-state index is 6.00. The second-order valence-electron chi connectivity index (χ2n) is 6.14. The lowest BCUT2D eigenvalue weighted by atomic mass is 10.1. The van der Waals surface area contributed by atoms with E-state index in [4.69, 9.17) is 28.4 Å². The molecule has 0 spiro atoms. The summed E-state index contributed by atoms with van der Waals surface area (Å²) in [6, 6.07) is 0. The Hall–Kier alpha value is -0.240. The molecule has 2 aliphatic rings. The average molecular weight is 290 g/mol. The van der Waals surface area contributed by atoms with Crippen molar-refractivity contribution >= 4 is 0 Å². The summed E-state index contributed by atoms with van der Waals surface area (Å²) in [5.74, 6) is -1.25. The van der Waals surface area contributed by atoms with Gasteiger partial charge in [0.1, 0.15) is 18.3 Å². The molecule has 2 saturated heterocycles. The third-order valence-corrected chi connectivity index (χ3v) is 3.48. The molecule has 0 amide bonds. The minimum absolute atomic E-state index is 0.178. The summed E-state index contributed by atoms with van der Waals surface area (Å²) >= 11 is 0. The lowest BCUT2D eigenvalue weighted by Crippen LogP contribution is -2.56. The predicted molar refractivity (Wildman–Crippen MR) is 71.2 cm³/mol. The van der Waals surface area contributed by atoms with Gasteiger partial charge in [0, 0.05) is 7.11 Å². The highest BCUT2D eigenvalue weighted by Gasteiger charge is 2.47. The summed E-state index contributed by atoms with van der Waals surface area (Å²) < 4.78 is 34.2. The van der Waals surface area contributed by atoms with Gasteiger partial charge in [-0.25, -0.2) is 0 Å². The van der Waals surface area contributed by atoms with Gasteiger partial charge in [-0.15, -0.1) is 0 Å². The molecule has 0 aromatic rings. The molecular weight excluding hydrogens is 264 g/mol. The minimum Gasteiger partial charge on any atom is -0.356 e. The molecule has 0 aromatic carbocycles. The van der Waals surface area contributed by atoms with Crippen molar-refractivity contribution < 1.29 is 28.4 Å². The Labute approximate surface area is 120 Å². The van der Waals surface area contributed by atoms with Crippen molar-refractivity contribution in [3.8, 4) is 0 Å². The zero-order chi connectivity index (χ0) is 15.0. The molecule has 4 atom stereocenters. The summed E-state index contributed by atoms with van der Waals surface area (Å²) in [7, 11) is 1.60. The third kappa shape index (κ3) is 3.90. The number of hydrogen-bond donors (Lipinski definition) is 0. The molecule has 6 nitrogen and oxygen atoms in total. The Balaban J connectivity index is 2.06. The average Bonchev–Trinajstić information content (AvgIpc) is 2.71. The highest BCUT2D eigenvalue weighted by atomic mass is 16.8. The van der Waals surface area contributed by atoms with Crippen LogP contribution in [0, 0.1) is 0 Å². The molecule has 0 bridgehead atoms. The Kier molecular flexibility index (Phi) is 4.73. The largest absolute Gasteiger partial charge is 0.356 e. The van der Waals surface area contributed by atoms with Gasteiger partial charge in [0.2, 0.25) is 0 Å². The van der Waals surface area contributed by atoms with E-state index in [0.717, 1.165) is 0 Å². The molecule has 2 rings (SSSR count). The Bertz CT molecular complexity index is 330. The van der Waals surface area contributed by atoms with Crippen LogP contribution in [0.1, 0.15) is 34.6 Å². The van der Waals surface area contributed by atoms with Crippen LogP contribution in [0.4, 0.5) is 0 Å². The van der Waals surface area contributed by atoms with Crippen LogP contribution in [0.25, 0.3) is 0 Å². The van der Waals surface area contributed by atoms with Crippen LogP contribution in [0.3, 0.4) is 0 Å². The van der Waals surface area contributed by atoms with Crippen LogP contribution in [-0.4, -0.2) is 56.5 Å². The SMILES string of the molecule is CO[C@H](C)OC1COC(C)(C)O[C@H]1[C@H]1COC(C)(C)O1. The molecule has 2 fully saturated rings. The smallest absolute Gasteiger partial charge is 0.163 e. The zero-order valence-corrected chi connectivity index (χ0v) is 13.2. The van der Waals surface area contributed by atoms with Gasteiger partial charge in [0.15, 0.2) is 17.9 Å². The van der Waals surface area contributed by atoms with E-state index < -0.39 is 11.6 Å². The Morgan fingerprint density at radius 1 is 1.00 bits per heavy atom. The predicted octanol–water partition coefficient (Wildman–Crippen LogP) is 1.67. The van der Waals surface area contributed by atoms with Crippen molar-refractivity contribution in [3.05, 3.63) is 0 Å². The summed E-state index contributed by atoms with van der Waals surface area (Å²) in [5, 5.41) is 0. The van der Waals surface area contributed by atoms with Gasteiger partial charge >= 0.3 is 0 Å². The highest BCUT2D eigenvalue weighted by Crippen LogP contribution is 2.33. The van der Waals surface area contributed by atoms with Crippen LogP contribution in [0.2, 0.25) is 0 Å². The third-order valence-electron chi connectivity index (χ3n) is 3.48. The maximum Gasteiger partial charge on any atom is 0.163 e. The first-order valence-electron chi connectivity index (χ1n) is 7.04. The van der Waals surface area contributed by atoms with E-state index in [2.05, 4.69) is 0 Å². The van der Waals surface area contributed by atoms with Gasteiger partial charge in [0.25, 0.3) is 0 Å². The van der Waals surface area contributed by atoms with Crippen molar-refractivity contribution in [2.75, 3.05) is 20.3 Å². The first kappa shape index (κ1) is 16.1. The second kappa shape index (κ2) is 5.87. The first-order chi connectivity index (χ1) is 9.22. The molecule has 118 valence electrons. The molecule has 0 N–H and O–H groups in total. The monoisotopic (exact) mass is 290 g/mol. The Morgan fingerprint density at radius 2 is 1.60 bits per heavy atom. The Morgan fingerprint density at radius 3 is 2.15 bits per heavy atom. The van der Waals surface area contributed by atoms with Gasteiger partial charge in [0.05, 0.1) is 13.2 Å². The van der Waals surface area contributed by atoms with Gasteiger partial charge in [-0.05, 0) is 34.6 Å². The number of ether oxygens (including phenoxy) is 6. The fourth-order valence-electron chi connectivity index (χ4n) is 2.43. The fourth-order valence-corrected chi connectivity index (χ4v) is 2.43. The molecule has 6 heteroatoms. The molecule has 2 heterocycles. The van der Waals surface area contributed by atoms with Gasteiger partial charge < -0.3 is 28.4 Å². The maximum absolute atomic E-state index is 6.00. The van der Waals surface area contributed by atoms with Crippen LogP contribution >= 0.6 is 0 Å². The molecular formula is C14H26O6. The van der Waals surface area contributed by atoms with Gasteiger partial charge in [-0.2, -0.15) is 0 Å². The fraction of sp³-hybridized carbons (Fsp3) is 1.00. The van der Waals surface area contributed by atoms with Crippen molar-refractivity contribution in [2.45, 2.75) is 70.8 Å². The van der Waals surface area contributed by atoms with E-state index in [1.54, 1.807) is 7.11 Å². The summed E-state index contributed by atoms with van der Waals surface area (Å²) in [5.41, 5.74) is 0. The van der Waals surface area contributed by atoms with Crippen LogP contribution in [-0.2, 0) is 28.4 Å². The van der Waals surface area contributed by atoms with Crippen LogP contribution in [0.5, 0.6) is 0 Å². The first-order valence-corrected chi connectivity index (χ1v) is 7.04. The second-order valence-corrected chi connectivity index (χ2v) is 6.14. The van der Waals surface area contributed by atoms with E-state index in [0.29, 0.717) is 13.2 Å². The lowest BCUT2D eigenvalue weighted by molar-refractivity contribution is -0.340. The lowest BCUT2D eigenvalue weighted by Gasteiger charge is -2.43. The van der Waals surface area contributed by atoms with Crippen LogP contribution < -0.4 is 0 Å². The van der Waals surface area contributed by atoms with E-state index >= 15 is 0 Å². The number of methoxy groups -OCH3 is 1. The topological polar surface area (TPSA) is 55.4 Å². The molecule has 0 aromatic heterocycles. The van der Waals surface area contributed by atoms with Crippen molar-refractivity contribution in [1.82, 2.24) is 0 Å². The van der Waals surface area contributed by atoms with E-state index in [-0.39, 0.29) is 24.6 Å². The summed E-state index contributed by atoms with van der Waals surface area (Å²) in [6.07, 6.45) is -1.01. The molecule has 20 heavy (non-hydrogen) atoms. The number of hydrogen-bond acceptors (Lipinski definition) is 6. The van der Waals surface area contributed by atoms with E-state index in [9.17, 15) is 0 Å². The molecule has 0 saturated carbocycles. The highest BCUT2D eigenvalue weighted by molar-refractivity contribution is 4.88. The van der Waals surface area contributed by atoms with Crippen molar-refractivity contribution in [3.63, 3.8) is 0 Å². The summed E-state index contributed by atoms with van der Waals surface area (Å²) in [4.78, 5) is 0. The van der Waals surface area contributed by atoms with Gasteiger partial charge in [-0.3, -0.25) is 0 Å². The molecule has 2 aliphatic heterocycles. The van der Waals surface area contributed by atoms with Crippen LogP contribution in [0.15, 0.2) is 0 Å². The number of rotatable bonds is 4. The minimum atomic E-state index is -0.656.